The van der Waals surface area contributed by atoms with Crippen molar-refractivity contribution in [2.45, 2.75) is 25.4 Å². The van der Waals surface area contributed by atoms with E-state index in [1.165, 1.54) is 13.2 Å². The number of likely N-dealkylation sites (tertiary alicyclic amines) is 1. The summed E-state index contributed by atoms with van der Waals surface area (Å²) in [5, 5.41) is 4.23. The molecule has 7 heteroatoms. The summed E-state index contributed by atoms with van der Waals surface area (Å²) in [6, 6.07) is 14.2. The summed E-state index contributed by atoms with van der Waals surface area (Å²) in [6.45, 7) is 2.33. The molecule has 0 radical (unpaired) electrons. The van der Waals surface area contributed by atoms with Crippen molar-refractivity contribution in [2.75, 3.05) is 20.2 Å². The smallest absolute Gasteiger partial charge is 0.252 e. The lowest BCUT2D eigenvalue weighted by Crippen LogP contribution is -2.44. The molecular formula is C23H23ClFN3O2. The lowest BCUT2D eigenvalue weighted by molar-refractivity contribution is 0.0910. The van der Waals surface area contributed by atoms with Crippen LogP contribution >= 0.6 is 11.6 Å². The molecule has 1 fully saturated rings. The van der Waals surface area contributed by atoms with Crippen LogP contribution in [0.1, 0.15) is 28.8 Å². The molecule has 0 saturated carbocycles. The van der Waals surface area contributed by atoms with Gasteiger partial charge in [-0.05, 0) is 42.7 Å². The van der Waals surface area contributed by atoms with Gasteiger partial charge in [-0.1, -0.05) is 35.9 Å². The zero-order valence-electron chi connectivity index (χ0n) is 16.7. The molecule has 1 aliphatic rings. The van der Waals surface area contributed by atoms with E-state index in [1.54, 1.807) is 12.1 Å². The average Bonchev–Trinajstić information content (AvgIpc) is 2.74. The first-order valence-corrected chi connectivity index (χ1v) is 10.3. The van der Waals surface area contributed by atoms with Crippen molar-refractivity contribution in [2.24, 2.45) is 0 Å². The number of benzene rings is 2. The van der Waals surface area contributed by atoms with Crippen LogP contribution in [0.4, 0.5) is 4.39 Å². The number of para-hydroxylation sites is 1. The lowest BCUT2D eigenvalue weighted by Gasteiger charge is -2.32. The number of pyridine rings is 1. The van der Waals surface area contributed by atoms with E-state index in [0.717, 1.165) is 36.9 Å². The van der Waals surface area contributed by atoms with Gasteiger partial charge in [0, 0.05) is 31.1 Å². The van der Waals surface area contributed by atoms with Crippen molar-refractivity contribution in [3.8, 4) is 5.75 Å². The maximum atomic E-state index is 13.9. The summed E-state index contributed by atoms with van der Waals surface area (Å²) in [4.78, 5) is 19.4. The van der Waals surface area contributed by atoms with Crippen LogP contribution in [0.15, 0.2) is 48.5 Å². The summed E-state index contributed by atoms with van der Waals surface area (Å²) in [7, 11) is 1.46. The van der Waals surface area contributed by atoms with Crippen molar-refractivity contribution < 1.29 is 13.9 Å². The van der Waals surface area contributed by atoms with Crippen LogP contribution in [0, 0.1) is 5.82 Å². The van der Waals surface area contributed by atoms with Gasteiger partial charge in [0.05, 0.1) is 18.2 Å². The van der Waals surface area contributed by atoms with Crippen LogP contribution in [0.2, 0.25) is 5.15 Å². The van der Waals surface area contributed by atoms with Crippen LogP contribution < -0.4 is 10.1 Å². The minimum absolute atomic E-state index is 0.0899. The molecule has 1 N–H and O–H groups in total. The second-order valence-corrected chi connectivity index (χ2v) is 7.89. The number of rotatable bonds is 5. The van der Waals surface area contributed by atoms with E-state index in [9.17, 15) is 9.18 Å². The standard InChI is InChI=1S/C23H23ClFN3O2/c1-30-21-7-6-15(12-19(21)25)14-28-10-8-16(9-11-28)26-23(29)18-13-22(24)27-20-5-3-2-4-17(18)20/h2-7,12-13,16H,8-11,14H2,1H3,(H,26,29). The molecule has 1 aromatic heterocycles. The Morgan fingerprint density at radius 2 is 2.00 bits per heavy atom. The Kier molecular flexibility index (Phi) is 6.16. The van der Waals surface area contributed by atoms with Crippen molar-refractivity contribution in [3.63, 3.8) is 0 Å². The molecule has 0 bridgehead atoms. The number of amides is 1. The van der Waals surface area contributed by atoms with E-state index in [-0.39, 0.29) is 23.5 Å². The number of hydrogen-bond acceptors (Lipinski definition) is 4. The van der Waals surface area contributed by atoms with Gasteiger partial charge in [-0.25, -0.2) is 9.37 Å². The molecule has 1 saturated heterocycles. The van der Waals surface area contributed by atoms with Gasteiger partial charge in [0.15, 0.2) is 11.6 Å². The van der Waals surface area contributed by atoms with Crippen molar-refractivity contribution >= 4 is 28.4 Å². The highest BCUT2D eigenvalue weighted by Gasteiger charge is 2.22. The SMILES string of the molecule is COc1ccc(CN2CCC(NC(=O)c3cc(Cl)nc4ccccc34)CC2)cc1F. The molecule has 5 nitrogen and oxygen atoms in total. The number of carbonyl (C=O) groups is 1. The number of fused-ring (bicyclic) bond motifs is 1. The first kappa shape index (κ1) is 20.6. The largest absolute Gasteiger partial charge is 0.494 e. The fourth-order valence-electron chi connectivity index (χ4n) is 3.90. The molecule has 1 amide bonds. The zero-order chi connectivity index (χ0) is 21.1. The molecule has 0 spiro atoms. The normalized spacial score (nSPS) is 15.3. The summed E-state index contributed by atoms with van der Waals surface area (Å²) >= 11 is 6.10. The van der Waals surface area contributed by atoms with E-state index in [1.807, 2.05) is 30.3 Å². The van der Waals surface area contributed by atoms with E-state index in [4.69, 9.17) is 16.3 Å². The number of nitrogens with one attached hydrogen (secondary N) is 1. The minimum Gasteiger partial charge on any atom is -0.494 e. The highest BCUT2D eigenvalue weighted by atomic mass is 35.5. The van der Waals surface area contributed by atoms with Crippen molar-refractivity contribution in [1.82, 2.24) is 15.2 Å². The molecule has 0 atom stereocenters. The molecule has 156 valence electrons. The van der Waals surface area contributed by atoms with Crippen LogP contribution in [0.5, 0.6) is 5.75 Å². The maximum Gasteiger partial charge on any atom is 0.252 e. The van der Waals surface area contributed by atoms with E-state index in [0.29, 0.717) is 22.8 Å². The first-order valence-electron chi connectivity index (χ1n) is 9.94. The second kappa shape index (κ2) is 8.98. The van der Waals surface area contributed by atoms with Crippen molar-refractivity contribution in [1.29, 1.82) is 0 Å². The van der Waals surface area contributed by atoms with Crippen LogP contribution in [-0.2, 0) is 6.54 Å². The van der Waals surface area contributed by atoms with Gasteiger partial charge >= 0.3 is 0 Å². The molecule has 4 rings (SSSR count). The third kappa shape index (κ3) is 4.55. The highest BCUT2D eigenvalue weighted by molar-refractivity contribution is 6.30. The zero-order valence-corrected chi connectivity index (χ0v) is 17.5. The number of halogens is 2. The Morgan fingerprint density at radius 3 is 2.73 bits per heavy atom. The Hall–Kier alpha value is -2.70. The van der Waals surface area contributed by atoms with Crippen molar-refractivity contribution in [3.05, 3.63) is 70.6 Å². The number of ether oxygens (including phenoxy) is 1. The second-order valence-electron chi connectivity index (χ2n) is 7.50. The number of methoxy groups -OCH3 is 1. The topological polar surface area (TPSA) is 54.5 Å². The summed E-state index contributed by atoms with van der Waals surface area (Å²) < 4.78 is 18.9. The lowest BCUT2D eigenvalue weighted by atomic mass is 10.0. The van der Waals surface area contributed by atoms with Gasteiger partial charge in [0.2, 0.25) is 0 Å². The Balaban J connectivity index is 1.36. The van der Waals surface area contributed by atoms with Crippen LogP contribution in [0.3, 0.4) is 0 Å². The predicted molar refractivity (Wildman–Crippen MR) is 115 cm³/mol. The molecule has 0 aliphatic carbocycles. The molecule has 0 unspecified atom stereocenters. The van der Waals surface area contributed by atoms with Gasteiger partial charge in [-0.3, -0.25) is 9.69 Å². The van der Waals surface area contributed by atoms with Gasteiger partial charge in [0.25, 0.3) is 5.91 Å². The average molecular weight is 428 g/mol. The summed E-state index contributed by atoms with van der Waals surface area (Å²) in [5.41, 5.74) is 2.16. The Morgan fingerprint density at radius 1 is 1.23 bits per heavy atom. The van der Waals surface area contributed by atoms with E-state index < -0.39 is 0 Å². The quantitative estimate of drug-likeness (QED) is 0.612. The fourth-order valence-corrected chi connectivity index (χ4v) is 4.10. The third-order valence-electron chi connectivity index (χ3n) is 5.47. The third-order valence-corrected chi connectivity index (χ3v) is 5.67. The predicted octanol–water partition coefficient (Wildman–Crippen LogP) is 4.43. The summed E-state index contributed by atoms with van der Waals surface area (Å²) in [6.07, 6.45) is 1.67. The number of carbonyl (C=O) groups excluding carboxylic acids is 1. The van der Waals surface area contributed by atoms with E-state index in [2.05, 4.69) is 15.2 Å². The van der Waals surface area contributed by atoms with Crippen LogP contribution in [0.25, 0.3) is 10.9 Å². The fraction of sp³-hybridized carbons (Fsp3) is 0.304. The maximum absolute atomic E-state index is 13.9. The number of hydrogen-bond donors (Lipinski definition) is 1. The van der Waals surface area contributed by atoms with Gasteiger partial charge in [0.1, 0.15) is 5.15 Å². The molecule has 1 aliphatic heterocycles. The minimum atomic E-state index is -0.347. The number of aromatic nitrogens is 1. The van der Waals surface area contributed by atoms with Gasteiger partial charge in [-0.15, -0.1) is 0 Å². The first-order chi connectivity index (χ1) is 14.5. The molecule has 30 heavy (non-hydrogen) atoms. The van der Waals surface area contributed by atoms with E-state index >= 15 is 0 Å². The highest BCUT2D eigenvalue weighted by Crippen LogP contribution is 2.23. The van der Waals surface area contributed by atoms with Gasteiger partial charge < -0.3 is 10.1 Å². The summed E-state index contributed by atoms with van der Waals surface area (Å²) in [5.74, 6) is -0.226. The Labute approximate surface area is 179 Å². The number of piperidine rings is 1. The number of nitrogens with zero attached hydrogens (tertiary/aromatic N) is 2. The molecule has 2 aromatic carbocycles. The molecule has 3 aromatic rings. The molecular weight excluding hydrogens is 405 g/mol. The van der Waals surface area contributed by atoms with Crippen LogP contribution in [-0.4, -0.2) is 42.0 Å². The molecule has 2 heterocycles. The monoisotopic (exact) mass is 427 g/mol. The van der Waals surface area contributed by atoms with Gasteiger partial charge in [-0.2, -0.15) is 0 Å². The Bertz CT molecular complexity index is 1070.